The van der Waals surface area contributed by atoms with Crippen molar-refractivity contribution in [3.05, 3.63) is 76.1 Å². The van der Waals surface area contributed by atoms with Gasteiger partial charge in [0.2, 0.25) is 0 Å². The average Bonchev–Trinajstić information content (AvgIpc) is 3.65. The van der Waals surface area contributed by atoms with Crippen molar-refractivity contribution in [2.24, 2.45) is 0 Å². The number of ether oxygens (including phenoxy) is 1. The summed E-state index contributed by atoms with van der Waals surface area (Å²) in [6.45, 7) is 1.46. The van der Waals surface area contributed by atoms with E-state index in [0.29, 0.717) is 22.5 Å². The van der Waals surface area contributed by atoms with Crippen LogP contribution in [0.5, 0.6) is 11.5 Å². The molecule has 0 atom stereocenters. The maximum absolute atomic E-state index is 14.2. The number of nitrogens with one attached hydrogen (secondary N) is 2. The van der Waals surface area contributed by atoms with E-state index in [9.17, 15) is 26.7 Å². The van der Waals surface area contributed by atoms with Crippen LogP contribution < -0.4 is 14.8 Å². The first kappa shape index (κ1) is 26.8. The molecular weight excluding hydrogens is 553 g/mol. The molecule has 5 rings (SSSR count). The van der Waals surface area contributed by atoms with Gasteiger partial charge in [-0.05, 0) is 67.6 Å². The zero-order chi connectivity index (χ0) is 27.9. The van der Waals surface area contributed by atoms with Gasteiger partial charge in [-0.2, -0.15) is 8.42 Å². The highest BCUT2D eigenvalue weighted by molar-refractivity contribution is 7.92. The van der Waals surface area contributed by atoms with Crippen LogP contribution in [0.15, 0.2) is 47.6 Å². The second kappa shape index (κ2) is 10.4. The number of anilines is 2. The summed E-state index contributed by atoms with van der Waals surface area (Å²) in [5, 5.41) is 13.0. The van der Waals surface area contributed by atoms with E-state index in [1.165, 1.54) is 37.6 Å². The Morgan fingerprint density at radius 1 is 1.10 bits per heavy atom. The average molecular weight is 577 g/mol. The maximum Gasteiger partial charge on any atom is 0.281 e. The molecule has 204 valence electrons. The molecule has 13 heteroatoms. The third-order valence-corrected chi connectivity index (χ3v) is 8.84. The monoisotopic (exact) mass is 576 g/mol. The number of hydrogen-bond acceptors (Lipinski definition) is 8. The van der Waals surface area contributed by atoms with E-state index in [1.807, 2.05) is 0 Å². The van der Waals surface area contributed by atoms with Crippen LogP contribution in [0.4, 0.5) is 24.0 Å². The topological polar surface area (TPSA) is 113 Å². The number of phenols is 1. The van der Waals surface area contributed by atoms with E-state index < -0.39 is 27.5 Å². The largest absolute Gasteiger partial charge is 0.504 e. The second-order valence-electron chi connectivity index (χ2n) is 9.02. The summed E-state index contributed by atoms with van der Waals surface area (Å²) < 4.78 is 75.3. The molecule has 2 heterocycles. The Balaban J connectivity index is 1.36. The fourth-order valence-electron chi connectivity index (χ4n) is 4.07. The van der Waals surface area contributed by atoms with Crippen LogP contribution in [-0.4, -0.2) is 30.6 Å². The van der Waals surface area contributed by atoms with E-state index in [1.54, 1.807) is 6.92 Å². The normalized spacial score (nSPS) is 13.4. The Labute approximate surface area is 226 Å². The van der Waals surface area contributed by atoms with E-state index in [-0.39, 0.29) is 39.7 Å². The Morgan fingerprint density at radius 2 is 1.85 bits per heavy atom. The molecule has 2 aromatic heterocycles. The van der Waals surface area contributed by atoms with E-state index in [0.717, 1.165) is 41.2 Å². The van der Waals surface area contributed by atoms with Crippen LogP contribution in [-0.2, 0) is 16.6 Å². The van der Waals surface area contributed by atoms with Gasteiger partial charge in [0, 0.05) is 17.0 Å². The number of aryl methyl sites for hydroxylation is 1. The number of benzene rings is 2. The molecule has 1 aliphatic rings. The number of aromatic nitrogens is 2. The number of sulfonamides is 1. The van der Waals surface area contributed by atoms with Crippen molar-refractivity contribution in [3.63, 3.8) is 0 Å². The first-order chi connectivity index (χ1) is 18.6. The van der Waals surface area contributed by atoms with Crippen LogP contribution in [0, 0.1) is 24.4 Å². The maximum atomic E-state index is 14.2. The van der Waals surface area contributed by atoms with Crippen LogP contribution in [0.25, 0.3) is 11.3 Å². The number of phenolic OH excluding ortho intramolecular Hbond substituents is 1. The minimum atomic E-state index is -4.15. The standard InChI is InChI=1S/C26H23F3N4O4S2/c1-13-9-16(30-12-17-18(27)7-8-21(37-2)23(17)34)11-31-25(13)39(35,36)33-26-32-22(24(38-26)14-3-4-14)15-5-6-19(28)20(29)10-15/h5-11,14,30,34H,3-4,12H2,1-2H3,(H,32,33). The fraction of sp³-hybridized carbons (Fsp3) is 0.231. The van der Waals surface area contributed by atoms with Crippen molar-refractivity contribution in [2.75, 3.05) is 17.1 Å². The summed E-state index contributed by atoms with van der Waals surface area (Å²) in [5.74, 6) is -2.66. The molecule has 0 aliphatic heterocycles. The third-order valence-electron chi connectivity index (χ3n) is 6.18. The molecule has 0 amide bonds. The lowest BCUT2D eigenvalue weighted by molar-refractivity contribution is 0.367. The highest BCUT2D eigenvalue weighted by Gasteiger charge is 2.31. The van der Waals surface area contributed by atoms with Crippen LogP contribution >= 0.6 is 11.3 Å². The minimum absolute atomic E-state index is 0.0163. The molecule has 1 aliphatic carbocycles. The third kappa shape index (κ3) is 5.50. The molecule has 2 aromatic carbocycles. The molecule has 39 heavy (non-hydrogen) atoms. The van der Waals surface area contributed by atoms with Gasteiger partial charge in [0.15, 0.2) is 33.3 Å². The van der Waals surface area contributed by atoms with Gasteiger partial charge in [0.1, 0.15) is 5.82 Å². The Kier molecular flexibility index (Phi) is 7.12. The van der Waals surface area contributed by atoms with Crippen molar-refractivity contribution < 1.29 is 31.4 Å². The lowest BCUT2D eigenvalue weighted by atomic mass is 10.1. The minimum Gasteiger partial charge on any atom is -0.504 e. The second-order valence-corrected chi connectivity index (χ2v) is 11.6. The molecule has 0 unspecified atom stereocenters. The first-order valence-corrected chi connectivity index (χ1v) is 14.1. The summed E-state index contributed by atoms with van der Waals surface area (Å²) in [6.07, 6.45) is 3.08. The van der Waals surface area contributed by atoms with Crippen molar-refractivity contribution in [1.29, 1.82) is 0 Å². The molecule has 4 aromatic rings. The predicted octanol–water partition coefficient (Wildman–Crippen LogP) is 5.94. The number of aromatic hydroxyl groups is 1. The van der Waals surface area contributed by atoms with Gasteiger partial charge in [-0.1, -0.05) is 0 Å². The number of halogens is 3. The van der Waals surface area contributed by atoms with Crippen LogP contribution in [0.3, 0.4) is 0 Å². The lowest BCUT2D eigenvalue weighted by Crippen LogP contribution is -2.16. The molecule has 8 nitrogen and oxygen atoms in total. The van der Waals surface area contributed by atoms with Gasteiger partial charge in [0.25, 0.3) is 10.0 Å². The van der Waals surface area contributed by atoms with Crippen molar-refractivity contribution in [2.45, 2.75) is 37.3 Å². The van der Waals surface area contributed by atoms with Gasteiger partial charge >= 0.3 is 0 Å². The molecule has 1 fully saturated rings. The molecule has 0 spiro atoms. The van der Waals surface area contributed by atoms with Crippen molar-refractivity contribution in [1.82, 2.24) is 9.97 Å². The lowest BCUT2D eigenvalue weighted by Gasteiger charge is -2.13. The highest BCUT2D eigenvalue weighted by Crippen LogP contribution is 2.48. The number of hydrogen-bond donors (Lipinski definition) is 3. The fourth-order valence-corrected chi connectivity index (χ4v) is 6.62. The van der Waals surface area contributed by atoms with E-state index >= 15 is 0 Å². The summed E-state index contributed by atoms with van der Waals surface area (Å²) in [6, 6.07) is 7.47. The molecule has 0 saturated heterocycles. The van der Waals surface area contributed by atoms with Crippen LogP contribution in [0.1, 0.15) is 34.8 Å². The summed E-state index contributed by atoms with van der Waals surface area (Å²) in [7, 11) is -2.79. The Morgan fingerprint density at radius 3 is 2.51 bits per heavy atom. The number of methoxy groups -OCH3 is 1. The molecule has 0 radical (unpaired) electrons. The molecule has 0 bridgehead atoms. The number of nitrogens with zero attached hydrogens (tertiary/aromatic N) is 2. The zero-order valence-electron chi connectivity index (χ0n) is 20.8. The van der Waals surface area contributed by atoms with Gasteiger partial charge in [-0.25, -0.2) is 23.1 Å². The van der Waals surface area contributed by atoms with Gasteiger partial charge in [-0.15, -0.1) is 11.3 Å². The van der Waals surface area contributed by atoms with E-state index in [4.69, 9.17) is 4.74 Å². The number of pyridine rings is 1. The van der Waals surface area contributed by atoms with Crippen LogP contribution in [0.2, 0.25) is 0 Å². The summed E-state index contributed by atoms with van der Waals surface area (Å²) in [5.41, 5.74) is 1.47. The smallest absolute Gasteiger partial charge is 0.281 e. The van der Waals surface area contributed by atoms with Crippen molar-refractivity contribution >= 4 is 32.2 Å². The summed E-state index contributed by atoms with van der Waals surface area (Å²) >= 11 is 1.15. The van der Waals surface area contributed by atoms with E-state index in [2.05, 4.69) is 20.0 Å². The molecule has 1 saturated carbocycles. The number of rotatable bonds is 9. The van der Waals surface area contributed by atoms with Gasteiger partial charge in [0.05, 0.1) is 30.3 Å². The molecule has 3 N–H and O–H groups in total. The van der Waals surface area contributed by atoms with Gasteiger partial charge < -0.3 is 15.2 Å². The first-order valence-electron chi connectivity index (χ1n) is 11.8. The number of thiazole rings is 1. The SMILES string of the molecule is COc1ccc(F)c(CNc2cnc(S(=O)(=O)Nc3nc(-c4ccc(F)c(F)c4)c(C4CC4)s3)c(C)c2)c1O. The predicted molar refractivity (Wildman–Crippen MR) is 141 cm³/mol. The summed E-state index contributed by atoms with van der Waals surface area (Å²) in [4.78, 5) is 9.28. The Bertz CT molecular complexity index is 1670. The molecular formula is C26H23F3N4O4S2. The highest BCUT2D eigenvalue weighted by atomic mass is 32.2. The van der Waals surface area contributed by atoms with Gasteiger partial charge in [-0.3, -0.25) is 4.72 Å². The quantitative estimate of drug-likeness (QED) is 0.226. The zero-order valence-corrected chi connectivity index (χ0v) is 22.4. The van der Waals surface area contributed by atoms with Crippen molar-refractivity contribution in [3.8, 4) is 22.8 Å². The Hall–Kier alpha value is -3.84.